The molecular formula is C19H26N4O. The van der Waals surface area contributed by atoms with Gasteiger partial charge in [-0.1, -0.05) is 13.8 Å². The predicted molar refractivity (Wildman–Crippen MR) is 99.3 cm³/mol. The average molecular weight is 326 g/mol. The van der Waals surface area contributed by atoms with Crippen molar-refractivity contribution in [3.8, 4) is 0 Å². The normalized spacial score (nSPS) is 10.5. The Hall–Kier alpha value is -2.43. The molecule has 0 atom stereocenters. The first-order chi connectivity index (χ1) is 11.5. The van der Waals surface area contributed by atoms with Gasteiger partial charge in [-0.2, -0.15) is 0 Å². The second kappa shape index (κ2) is 8.43. The molecule has 5 heteroatoms. The first kappa shape index (κ1) is 17.9. The number of carbonyl (C=O) groups is 1. The lowest BCUT2D eigenvalue weighted by molar-refractivity contribution is 0.101. The van der Waals surface area contributed by atoms with E-state index in [1.807, 2.05) is 37.3 Å². The van der Waals surface area contributed by atoms with Gasteiger partial charge in [0.1, 0.15) is 17.5 Å². The van der Waals surface area contributed by atoms with Gasteiger partial charge < -0.3 is 10.2 Å². The number of carbonyl (C=O) groups excluding carboxylic acids is 1. The third-order valence-corrected chi connectivity index (χ3v) is 3.70. The lowest BCUT2D eigenvalue weighted by Crippen LogP contribution is -2.26. The fourth-order valence-electron chi connectivity index (χ4n) is 2.59. The molecule has 128 valence electrons. The van der Waals surface area contributed by atoms with Crippen LogP contribution < -0.4 is 10.2 Å². The highest BCUT2D eigenvalue weighted by Crippen LogP contribution is 2.21. The standard InChI is InChI=1S/C19H26N4O/c1-5-11-23(12-6-2)19-13-18(20-15(4)21-19)22-17-9-7-16(8-10-17)14(3)24/h7-10,13H,5-6,11-12H2,1-4H3,(H,20,21,22). The molecule has 0 spiro atoms. The molecule has 0 aliphatic rings. The van der Waals surface area contributed by atoms with Gasteiger partial charge in [0.2, 0.25) is 0 Å². The summed E-state index contributed by atoms with van der Waals surface area (Å²) in [5.41, 5.74) is 1.61. The van der Waals surface area contributed by atoms with Crippen molar-refractivity contribution in [1.82, 2.24) is 9.97 Å². The van der Waals surface area contributed by atoms with Crippen LogP contribution in [0.25, 0.3) is 0 Å². The fourth-order valence-corrected chi connectivity index (χ4v) is 2.59. The monoisotopic (exact) mass is 326 g/mol. The highest BCUT2D eigenvalue weighted by atomic mass is 16.1. The quantitative estimate of drug-likeness (QED) is 0.731. The molecule has 0 bridgehead atoms. The molecule has 0 radical (unpaired) electrons. The Labute approximate surface area is 144 Å². The fraction of sp³-hybridized carbons (Fsp3) is 0.421. The Bertz CT molecular complexity index is 676. The Kier molecular flexibility index (Phi) is 6.29. The van der Waals surface area contributed by atoms with E-state index in [1.54, 1.807) is 6.92 Å². The summed E-state index contributed by atoms with van der Waals surface area (Å²) in [5, 5.41) is 3.30. The second-order valence-electron chi connectivity index (χ2n) is 5.90. The van der Waals surface area contributed by atoms with Gasteiger partial charge in [-0.15, -0.1) is 0 Å². The number of Topliss-reactive ketones (excluding diaryl/α,β-unsaturated/α-hetero) is 1. The maximum atomic E-state index is 11.4. The van der Waals surface area contributed by atoms with Crippen LogP contribution in [-0.2, 0) is 0 Å². The summed E-state index contributed by atoms with van der Waals surface area (Å²) in [5.74, 6) is 2.53. The molecule has 0 amide bonds. The minimum absolute atomic E-state index is 0.0662. The van der Waals surface area contributed by atoms with Gasteiger partial charge in [-0.05, 0) is 51.0 Å². The Morgan fingerprint density at radius 3 is 2.25 bits per heavy atom. The Balaban J connectivity index is 2.22. The lowest BCUT2D eigenvalue weighted by atomic mass is 10.1. The number of ketones is 1. The van der Waals surface area contributed by atoms with Crippen molar-refractivity contribution >= 4 is 23.1 Å². The summed E-state index contributed by atoms with van der Waals surface area (Å²) >= 11 is 0. The number of nitrogens with one attached hydrogen (secondary N) is 1. The zero-order valence-corrected chi connectivity index (χ0v) is 15.0. The molecule has 1 aromatic carbocycles. The molecule has 0 aliphatic carbocycles. The van der Waals surface area contributed by atoms with Crippen LogP contribution >= 0.6 is 0 Å². The zero-order chi connectivity index (χ0) is 17.5. The van der Waals surface area contributed by atoms with Crippen molar-refractivity contribution < 1.29 is 4.79 Å². The third-order valence-electron chi connectivity index (χ3n) is 3.70. The van der Waals surface area contributed by atoms with E-state index in [2.05, 4.69) is 34.0 Å². The summed E-state index contributed by atoms with van der Waals surface area (Å²) in [6.07, 6.45) is 2.16. The van der Waals surface area contributed by atoms with Crippen LogP contribution in [0.3, 0.4) is 0 Å². The van der Waals surface area contributed by atoms with Crippen molar-refractivity contribution in [3.05, 3.63) is 41.7 Å². The first-order valence-electron chi connectivity index (χ1n) is 8.52. The number of rotatable bonds is 8. The average Bonchev–Trinajstić information content (AvgIpc) is 2.54. The molecule has 0 saturated carbocycles. The highest BCUT2D eigenvalue weighted by molar-refractivity contribution is 5.94. The van der Waals surface area contributed by atoms with E-state index < -0.39 is 0 Å². The number of nitrogens with zero attached hydrogens (tertiary/aromatic N) is 3. The molecule has 0 unspecified atom stereocenters. The Morgan fingerprint density at radius 2 is 1.71 bits per heavy atom. The lowest BCUT2D eigenvalue weighted by Gasteiger charge is -2.23. The van der Waals surface area contributed by atoms with Gasteiger partial charge in [-0.25, -0.2) is 9.97 Å². The molecule has 2 rings (SSSR count). The van der Waals surface area contributed by atoms with E-state index in [-0.39, 0.29) is 5.78 Å². The molecule has 1 N–H and O–H groups in total. The van der Waals surface area contributed by atoms with E-state index in [4.69, 9.17) is 0 Å². The second-order valence-corrected chi connectivity index (χ2v) is 5.90. The molecule has 1 aromatic heterocycles. The minimum Gasteiger partial charge on any atom is -0.356 e. The van der Waals surface area contributed by atoms with Crippen LogP contribution in [-0.4, -0.2) is 28.8 Å². The summed E-state index contributed by atoms with van der Waals surface area (Å²) in [7, 11) is 0. The summed E-state index contributed by atoms with van der Waals surface area (Å²) in [6, 6.07) is 9.41. The van der Waals surface area contributed by atoms with Crippen LogP contribution in [0.5, 0.6) is 0 Å². The van der Waals surface area contributed by atoms with E-state index in [0.29, 0.717) is 5.56 Å². The molecule has 2 aromatic rings. The molecule has 0 fully saturated rings. The minimum atomic E-state index is 0.0662. The number of hydrogen-bond donors (Lipinski definition) is 1. The molecular weight excluding hydrogens is 300 g/mol. The van der Waals surface area contributed by atoms with Gasteiger partial charge in [0.05, 0.1) is 0 Å². The molecule has 5 nitrogen and oxygen atoms in total. The van der Waals surface area contributed by atoms with Crippen molar-refractivity contribution in [2.45, 2.75) is 40.5 Å². The van der Waals surface area contributed by atoms with Gasteiger partial charge >= 0.3 is 0 Å². The van der Waals surface area contributed by atoms with E-state index >= 15 is 0 Å². The van der Waals surface area contributed by atoms with Crippen LogP contribution in [0, 0.1) is 6.92 Å². The summed E-state index contributed by atoms with van der Waals surface area (Å²) < 4.78 is 0. The molecule has 0 saturated heterocycles. The largest absolute Gasteiger partial charge is 0.356 e. The van der Waals surface area contributed by atoms with Crippen molar-refractivity contribution in [1.29, 1.82) is 0 Å². The maximum absolute atomic E-state index is 11.4. The number of benzene rings is 1. The highest BCUT2D eigenvalue weighted by Gasteiger charge is 2.09. The number of hydrogen-bond acceptors (Lipinski definition) is 5. The third kappa shape index (κ3) is 4.78. The van der Waals surface area contributed by atoms with Crippen LogP contribution in [0.15, 0.2) is 30.3 Å². The van der Waals surface area contributed by atoms with E-state index in [0.717, 1.165) is 49.1 Å². The molecule has 24 heavy (non-hydrogen) atoms. The number of aryl methyl sites for hydroxylation is 1. The maximum Gasteiger partial charge on any atom is 0.159 e. The summed E-state index contributed by atoms with van der Waals surface area (Å²) in [6.45, 7) is 9.79. The number of anilines is 3. The van der Waals surface area contributed by atoms with E-state index in [1.165, 1.54) is 0 Å². The summed E-state index contributed by atoms with van der Waals surface area (Å²) in [4.78, 5) is 22.7. The van der Waals surface area contributed by atoms with Crippen molar-refractivity contribution in [2.75, 3.05) is 23.3 Å². The topological polar surface area (TPSA) is 58.1 Å². The van der Waals surface area contributed by atoms with Crippen LogP contribution in [0.2, 0.25) is 0 Å². The van der Waals surface area contributed by atoms with Gasteiger partial charge in [-0.3, -0.25) is 4.79 Å². The SMILES string of the molecule is CCCN(CCC)c1cc(Nc2ccc(C(C)=O)cc2)nc(C)n1. The van der Waals surface area contributed by atoms with Gasteiger partial charge in [0.25, 0.3) is 0 Å². The molecule has 1 heterocycles. The van der Waals surface area contributed by atoms with Crippen LogP contribution in [0.4, 0.5) is 17.3 Å². The molecule has 0 aliphatic heterocycles. The smallest absolute Gasteiger partial charge is 0.159 e. The van der Waals surface area contributed by atoms with Gasteiger partial charge in [0, 0.05) is 30.4 Å². The first-order valence-corrected chi connectivity index (χ1v) is 8.52. The number of aromatic nitrogens is 2. The zero-order valence-electron chi connectivity index (χ0n) is 15.0. The van der Waals surface area contributed by atoms with Crippen molar-refractivity contribution in [3.63, 3.8) is 0 Å². The van der Waals surface area contributed by atoms with E-state index in [9.17, 15) is 4.79 Å². The Morgan fingerprint density at radius 1 is 1.08 bits per heavy atom. The van der Waals surface area contributed by atoms with Gasteiger partial charge in [0.15, 0.2) is 5.78 Å². The predicted octanol–water partition coefficient (Wildman–Crippen LogP) is 4.36. The van der Waals surface area contributed by atoms with Crippen LogP contribution in [0.1, 0.15) is 49.8 Å². The van der Waals surface area contributed by atoms with Crippen molar-refractivity contribution in [2.24, 2.45) is 0 Å².